The molecule has 3 nitrogen and oxygen atoms in total. The number of nitrogens with zero attached hydrogens (tertiary/aromatic N) is 1. The highest BCUT2D eigenvalue weighted by atomic mass is 19.1. The number of anilines is 1. The molecule has 0 aromatic heterocycles. The fraction of sp³-hybridized carbons (Fsp3) is 0.571. The Morgan fingerprint density at radius 3 is 2.67 bits per heavy atom. The first-order chi connectivity index (χ1) is 8.52. The second kappa shape index (κ2) is 5.24. The van der Waals surface area contributed by atoms with Crippen LogP contribution in [0.25, 0.3) is 0 Å². The van der Waals surface area contributed by atoms with Crippen LogP contribution in [0.4, 0.5) is 10.1 Å². The quantitative estimate of drug-likeness (QED) is 0.839. The molecule has 2 N–H and O–H groups in total. The molecule has 0 bridgehead atoms. The molecular weight excluding hydrogens is 231 g/mol. The van der Waals surface area contributed by atoms with E-state index in [1.807, 2.05) is 0 Å². The average Bonchev–Trinajstić information content (AvgIpc) is 2.48. The predicted molar refractivity (Wildman–Crippen MR) is 71.3 cm³/mol. The van der Waals surface area contributed by atoms with Gasteiger partial charge in [-0.25, -0.2) is 4.39 Å². The zero-order chi connectivity index (χ0) is 13.2. The summed E-state index contributed by atoms with van der Waals surface area (Å²) in [5.74, 6) is -0.230. The summed E-state index contributed by atoms with van der Waals surface area (Å²) in [4.78, 5) is 2.17. The van der Waals surface area contributed by atoms with Crippen molar-refractivity contribution >= 4 is 5.69 Å². The zero-order valence-electron chi connectivity index (χ0n) is 11.0. The maximum atomic E-state index is 13.0. The zero-order valence-corrected chi connectivity index (χ0v) is 11.0. The van der Waals surface area contributed by atoms with Crippen molar-refractivity contribution in [2.24, 2.45) is 5.41 Å². The Kier molecular flexibility index (Phi) is 3.88. The first-order valence-electron chi connectivity index (χ1n) is 6.36. The summed E-state index contributed by atoms with van der Waals surface area (Å²) in [6.45, 7) is 6.99. The van der Waals surface area contributed by atoms with Crippen LogP contribution in [-0.2, 0) is 0 Å². The minimum absolute atomic E-state index is 0.0391. The van der Waals surface area contributed by atoms with Gasteiger partial charge in [0.15, 0.2) is 0 Å². The average molecular weight is 252 g/mol. The first kappa shape index (κ1) is 13.3. The number of nitrogens with one attached hydrogen (secondary N) is 1. The summed E-state index contributed by atoms with van der Waals surface area (Å²) >= 11 is 0. The van der Waals surface area contributed by atoms with Gasteiger partial charge in [-0.1, -0.05) is 13.8 Å². The summed E-state index contributed by atoms with van der Waals surface area (Å²) in [6.07, 6.45) is 0. The lowest BCUT2D eigenvalue weighted by Gasteiger charge is -2.35. The van der Waals surface area contributed by atoms with E-state index in [1.165, 1.54) is 12.1 Å². The van der Waals surface area contributed by atoms with Gasteiger partial charge in [-0.15, -0.1) is 0 Å². The number of rotatable bonds is 2. The largest absolute Gasteiger partial charge is 0.394 e. The summed E-state index contributed by atoms with van der Waals surface area (Å²) in [7, 11) is 0. The van der Waals surface area contributed by atoms with Gasteiger partial charge >= 0.3 is 0 Å². The van der Waals surface area contributed by atoms with Crippen LogP contribution in [0.3, 0.4) is 0 Å². The maximum absolute atomic E-state index is 13.0. The number of halogens is 1. The molecule has 0 spiro atoms. The van der Waals surface area contributed by atoms with E-state index in [-0.39, 0.29) is 23.9 Å². The molecule has 1 aliphatic heterocycles. The van der Waals surface area contributed by atoms with Gasteiger partial charge in [-0.3, -0.25) is 0 Å². The Bertz CT molecular complexity index is 391. The van der Waals surface area contributed by atoms with Gasteiger partial charge in [-0.2, -0.15) is 0 Å². The van der Waals surface area contributed by atoms with Crippen LogP contribution in [0.5, 0.6) is 0 Å². The van der Waals surface area contributed by atoms with Crippen molar-refractivity contribution in [1.29, 1.82) is 0 Å². The van der Waals surface area contributed by atoms with E-state index in [1.54, 1.807) is 12.1 Å². The fourth-order valence-corrected chi connectivity index (χ4v) is 2.43. The first-order valence-corrected chi connectivity index (χ1v) is 6.36. The van der Waals surface area contributed by atoms with Crippen LogP contribution in [0.1, 0.15) is 13.8 Å². The Balaban J connectivity index is 2.27. The molecule has 1 aromatic rings. The van der Waals surface area contributed by atoms with Crippen LogP contribution in [0.2, 0.25) is 0 Å². The van der Waals surface area contributed by atoms with Crippen molar-refractivity contribution in [1.82, 2.24) is 5.32 Å². The number of aliphatic hydroxyl groups excluding tert-OH is 1. The van der Waals surface area contributed by atoms with Crippen LogP contribution in [0.15, 0.2) is 24.3 Å². The predicted octanol–water partition coefficient (Wildman–Crippen LogP) is 1.62. The van der Waals surface area contributed by atoms with Gasteiger partial charge in [0.05, 0.1) is 12.6 Å². The standard InChI is InChI=1S/C14H21FN2O/c1-14(2)9-16-7-13(8-18)17(10-14)12-5-3-11(15)4-6-12/h3-6,13,16,18H,7-10H2,1-2H3. The summed E-state index contributed by atoms with van der Waals surface area (Å²) in [6, 6.07) is 6.53. The summed E-state index contributed by atoms with van der Waals surface area (Å²) < 4.78 is 13.0. The molecule has 0 amide bonds. The molecule has 1 fully saturated rings. The molecule has 0 radical (unpaired) electrons. The Labute approximate surface area is 108 Å². The molecule has 18 heavy (non-hydrogen) atoms. The molecule has 1 atom stereocenters. The van der Waals surface area contributed by atoms with E-state index in [4.69, 9.17) is 0 Å². The van der Waals surface area contributed by atoms with E-state index in [0.29, 0.717) is 0 Å². The second-order valence-corrected chi connectivity index (χ2v) is 5.74. The third kappa shape index (κ3) is 3.00. The molecule has 2 rings (SSSR count). The molecule has 4 heteroatoms. The Morgan fingerprint density at radius 2 is 2.06 bits per heavy atom. The molecular formula is C14H21FN2O. The molecule has 1 heterocycles. The number of benzene rings is 1. The molecule has 1 aliphatic rings. The minimum atomic E-state index is -0.230. The minimum Gasteiger partial charge on any atom is -0.394 e. The SMILES string of the molecule is CC1(C)CNCC(CO)N(c2ccc(F)cc2)C1. The fourth-order valence-electron chi connectivity index (χ4n) is 2.43. The summed E-state index contributed by atoms with van der Waals surface area (Å²) in [5.41, 5.74) is 1.09. The molecule has 100 valence electrons. The highest BCUT2D eigenvalue weighted by Crippen LogP contribution is 2.26. The lowest BCUT2D eigenvalue weighted by molar-refractivity contribution is 0.258. The maximum Gasteiger partial charge on any atom is 0.123 e. The number of hydrogen-bond donors (Lipinski definition) is 2. The van der Waals surface area contributed by atoms with Crippen molar-refractivity contribution in [3.63, 3.8) is 0 Å². The number of hydrogen-bond acceptors (Lipinski definition) is 3. The van der Waals surface area contributed by atoms with Crippen molar-refractivity contribution < 1.29 is 9.50 Å². The van der Waals surface area contributed by atoms with Gasteiger partial charge in [0.25, 0.3) is 0 Å². The van der Waals surface area contributed by atoms with Gasteiger partial charge in [-0.05, 0) is 29.7 Å². The lowest BCUT2D eigenvalue weighted by atomic mass is 9.93. The smallest absolute Gasteiger partial charge is 0.123 e. The van der Waals surface area contributed by atoms with Crippen molar-refractivity contribution in [3.8, 4) is 0 Å². The molecule has 0 aliphatic carbocycles. The van der Waals surface area contributed by atoms with Crippen LogP contribution < -0.4 is 10.2 Å². The highest BCUT2D eigenvalue weighted by Gasteiger charge is 2.30. The van der Waals surface area contributed by atoms with E-state index in [0.717, 1.165) is 25.3 Å². The monoisotopic (exact) mass is 252 g/mol. The van der Waals surface area contributed by atoms with Crippen LogP contribution in [0, 0.1) is 11.2 Å². The topological polar surface area (TPSA) is 35.5 Å². The third-order valence-electron chi connectivity index (χ3n) is 3.39. The normalized spacial score (nSPS) is 23.8. The molecule has 1 saturated heterocycles. The van der Waals surface area contributed by atoms with E-state index in [2.05, 4.69) is 24.1 Å². The van der Waals surface area contributed by atoms with Crippen molar-refractivity contribution in [2.45, 2.75) is 19.9 Å². The molecule has 1 unspecified atom stereocenters. The van der Waals surface area contributed by atoms with Crippen molar-refractivity contribution in [3.05, 3.63) is 30.1 Å². The van der Waals surface area contributed by atoms with E-state index >= 15 is 0 Å². The Hall–Kier alpha value is -1.13. The van der Waals surface area contributed by atoms with Gasteiger partial charge < -0.3 is 15.3 Å². The number of aliphatic hydroxyl groups is 1. The van der Waals surface area contributed by atoms with Gasteiger partial charge in [0, 0.05) is 25.3 Å². The summed E-state index contributed by atoms with van der Waals surface area (Å²) in [5, 5.41) is 12.9. The van der Waals surface area contributed by atoms with Gasteiger partial charge in [0.1, 0.15) is 5.82 Å². The van der Waals surface area contributed by atoms with Crippen LogP contribution in [-0.4, -0.2) is 37.4 Å². The van der Waals surface area contributed by atoms with Crippen molar-refractivity contribution in [2.75, 3.05) is 31.1 Å². The molecule has 0 saturated carbocycles. The van der Waals surface area contributed by atoms with Crippen LogP contribution >= 0.6 is 0 Å². The highest BCUT2D eigenvalue weighted by molar-refractivity contribution is 5.48. The second-order valence-electron chi connectivity index (χ2n) is 5.74. The molecule has 1 aromatic carbocycles. The van der Waals surface area contributed by atoms with E-state index in [9.17, 15) is 9.50 Å². The van der Waals surface area contributed by atoms with Gasteiger partial charge in [0.2, 0.25) is 0 Å². The van der Waals surface area contributed by atoms with E-state index < -0.39 is 0 Å². The Morgan fingerprint density at radius 1 is 1.39 bits per heavy atom. The third-order valence-corrected chi connectivity index (χ3v) is 3.39. The lowest BCUT2D eigenvalue weighted by Crippen LogP contribution is -2.44.